The van der Waals surface area contributed by atoms with Gasteiger partial charge in [0.2, 0.25) is 5.91 Å². The van der Waals surface area contributed by atoms with E-state index in [0.717, 1.165) is 44.9 Å². The van der Waals surface area contributed by atoms with E-state index in [-0.39, 0.29) is 18.5 Å². The molecule has 452 valence electrons. The van der Waals surface area contributed by atoms with E-state index in [1.54, 1.807) is 0 Å². The molecule has 0 radical (unpaired) electrons. The first-order valence-corrected chi connectivity index (χ1v) is 34.9. The van der Waals surface area contributed by atoms with Crippen LogP contribution in [0.1, 0.15) is 399 Å². The Morgan fingerprint density at radius 2 is 0.618 bits per heavy atom. The Balaban J connectivity index is 3.34. The van der Waals surface area contributed by atoms with Crippen molar-refractivity contribution in [2.75, 3.05) is 13.2 Å². The highest BCUT2D eigenvalue weighted by molar-refractivity contribution is 5.76. The first-order valence-electron chi connectivity index (χ1n) is 34.9. The number of unbranched alkanes of at least 4 members (excludes halogenated alkanes) is 53. The molecule has 0 rings (SSSR count). The second-order valence-electron chi connectivity index (χ2n) is 24.2. The van der Waals surface area contributed by atoms with E-state index >= 15 is 0 Å². The highest BCUT2D eigenvalue weighted by Crippen LogP contribution is 2.19. The number of aliphatic hydroxyl groups excluding tert-OH is 2. The molecule has 0 aromatic heterocycles. The Morgan fingerprint density at radius 3 is 0.934 bits per heavy atom. The molecule has 2 atom stereocenters. The molecule has 0 aromatic rings. The van der Waals surface area contributed by atoms with Gasteiger partial charge in [-0.25, -0.2) is 0 Å². The number of rotatable bonds is 66. The van der Waals surface area contributed by atoms with Crippen molar-refractivity contribution in [3.05, 3.63) is 12.2 Å². The van der Waals surface area contributed by atoms with Crippen LogP contribution in [0.5, 0.6) is 0 Å². The van der Waals surface area contributed by atoms with Crippen LogP contribution in [0.15, 0.2) is 12.2 Å². The van der Waals surface area contributed by atoms with Crippen LogP contribution in [0.4, 0.5) is 0 Å². The van der Waals surface area contributed by atoms with Gasteiger partial charge >= 0.3 is 5.97 Å². The zero-order valence-electron chi connectivity index (χ0n) is 51.8. The molecular weight excluding hydrogens is 935 g/mol. The van der Waals surface area contributed by atoms with Crippen LogP contribution < -0.4 is 5.32 Å². The van der Waals surface area contributed by atoms with Crippen LogP contribution >= 0.6 is 0 Å². The number of amides is 1. The second kappa shape index (κ2) is 66.1. The van der Waals surface area contributed by atoms with Crippen molar-refractivity contribution in [2.24, 2.45) is 0 Å². The van der Waals surface area contributed by atoms with Crippen LogP contribution in [0.25, 0.3) is 0 Å². The van der Waals surface area contributed by atoms with Crippen molar-refractivity contribution >= 4 is 11.9 Å². The highest BCUT2D eigenvalue weighted by atomic mass is 16.5. The van der Waals surface area contributed by atoms with Crippen molar-refractivity contribution in [3.63, 3.8) is 0 Å². The molecule has 0 saturated carbocycles. The number of hydrogen-bond acceptors (Lipinski definition) is 5. The van der Waals surface area contributed by atoms with E-state index in [9.17, 15) is 19.8 Å². The zero-order valence-corrected chi connectivity index (χ0v) is 51.8. The number of nitrogens with one attached hydrogen (secondary N) is 1. The first kappa shape index (κ1) is 74.6. The zero-order chi connectivity index (χ0) is 55.0. The summed E-state index contributed by atoms with van der Waals surface area (Å²) in [6, 6.07) is -0.540. The van der Waals surface area contributed by atoms with E-state index < -0.39 is 12.1 Å². The summed E-state index contributed by atoms with van der Waals surface area (Å²) < 4.78 is 5.50. The highest BCUT2D eigenvalue weighted by Gasteiger charge is 2.20. The van der Waals surface area contributed by atoms with Crippen molar-refractivity contribution in [1.82, 2.24) is 5.32 Å². The third kappa shape index (κ3) is 61.8. The maximum atomic E-state index is 12.5. The van der Waals surface area contributed by atoms with Gasteiger partial charge in [0, 0.05) is 12.8 Å². The third-order valence-electron chi connectivity index (χ3n) is 16.6. The lowest BCUT2D eigenvalue weighted by Gasteiger charge is -2.22. The normalized spacial score (nSPS) is 12.5. The maximum absolute atomic E-state index is 12.5. The minimum atomic E-state index is -0.663. The van der Waals surface area contributed by atoms with Gasteiger partial charge in [0.15, 0.2) is 0 Å². The molecule has 0 aliphatic carbocycles. The van der Waals surface area contributed by atoms with Gasteiger partial charge in [-0.3, -0.25) is 9.59 Å². The lowest BCUT2D eigenvalue weighted by Crippen LogP contribution is -2.45. The fraction of sp³-hybridized carbons (Fsp3) is 0.943. The summed E-state index contributed by atoms with van der Waals surface area (Å²) in [5, 5.41) is 23.4. The third-order valence-corrected chi connectivity index (χ3v) is 16.6. The van der Waals surface area contributed by atoms with Crippen LogP contribution in [0, 0.1) is 0 Å². The molecule has 1 amide bonds. The lowest BCUT2D eigenvalue weighted by molar-refractivity contribution is -0.143. The van der Waals surface area contributed by atoms with E-state index in [0.29, 0.717) is 25.9 Å². The van der Waals surface area contributed by atoms with Gasteiger partial charge in [-0.2, -0.15) is 0 Å². The molecule has 0 aliphatic rings. The van der Waals surface area contributed by atoms with Crippen LogP contribution in [-0.2, 0) is 14.3 Å². The monoisotopic (exact) mass is 1070 g/mol. The lowest BCUT2D eigenvalue weighted by atomic mass is 10.0. The number of hydrogen-bond donors (Lipinski definition) is 3. The van der Waals surface area contributed by atoms with Gasteiger partial charge in [-0.05, 0) is 51.4 Å². The molecule has 0 bridgehead atoms. The Morgan fingerprint density at radius 1 is 0.355 bits per heavy atom. The Kier molecular flexibility index (Phi) is 64.9. The SMILES string of the molecule is CCCCCCCC/C=C\CCCCCCCCCC(=O)OCCCCCCCCCCCCCCCCCCCCCCCCCCCC(=O)NC(CO)C(O)CCCCCCCCCCCCCCCCCCC. The van der Waals surface area contributed by atoms with Gasteiger partial charge < -0.3 is 20.3 Å². The number of carbonyl (C=O) groups excluding carboxylic acids is 2. The smallest absolute Gasteiger partial charge is 0.305 e. The summed E-state index contributed by atoms with van der Waals surface area (Å²) in [5.74, 6) is -0.0152. The molecule has 3 N–H and O–H groups in total. The second-order valence-corrected chi connectivity index (χ2v) is 24.2. The summed E-state index contributed by atoms with van der Waals surface area (Å²) in [7, 11) is 0. The van der Waals surface area contributed by atoms with Crippen molar-refractivity contribution in [1.29, 1.82) is 0 Å². The molecule has 0 fully saturated rings. The topological polar surface area (TPSA) is 95.9 Å². The van der Waals surface area contributed by atoms with Crippen molar-refractivity contribution in [3.8, 4) is 0 Å². The average molecular weight is 1070 g/mol. The number of ether oxygens (including phenoxy) is 1. The van der Waals surface area contributed by atoms with Gasteiger partial charge in [-0.1, -0.05) is 347 Å². The van der Waals surface area contributed by atoms with Gasteiger partial charge in [0.25, 0.3) is 0 Å². The van der Waals surface area contributed by atoms with E-state index in [4.69, 9.17) is 4.74 Å². The summed E-state index contributed by atoms with van der Waals surface area (Å²) in [6.07, 6.45) is 81.1. The molecule has 6 heteroatoms. The Bertz CT molecular complexity index is 1140. The molecule has 0 spiro atoms. The molecule has 76 heavy (non-hydrogen) atoms. The number of esters is 1. The molecule has 6 nitrogen and oxygen atoms in total. The largest absolute Gasteiger partial charge is 0.466 e. The maximum Gasteiger partial charge on any atom is 0.305 e. The van der Waals surface area contributed by atoms with E-state index in [1.165, 1.54) is 321 Å². The predicted octanol–water partition coefficient (Wildman–Crippen LogP) is 22.4. The molecule has 0 aliphatic heterocycles. The number of allylic oxidation sites excluding steroid dienone is 2. The van der Waals surface area contributed by atoms with Gasteiger partial charge in [-0.15, -0.1) is 0 Å². The summed E-state index contributed by atoms with van der Waals surface area (Å²) >= 11 is 0. The summed E-state index contributed by atoms with van der Waals surface area (Å²) in [4.78, 5) is 24.6. The fourth-order valence-electron chi connectivity index (χ4n) is 11.2. The van der Waals surface area contributed by atoms with Crippen LogP contribution in [0.3, 0.4) is 0 Å². The predicted molar refractivity (Wildman–Crippen MR) is 333 cm³/mol. The van der Waals surface area contributed by atoms with Crippen LogP contribution in [0.2, 0.25) is 0 Å². The standard InChI is InChI=1S/C70H137NO5/c1-3-5-7-9-11-13-15-17-19-30-34-38-42-46-50-54-58-62-68(73)67(66-72)71-69(74)63-59-55-51-47-43-39-35-32-28-26-24-22-21-23-25-27-29-33-37-41-45-49-53-57-61-65-76-70(75)64-60-56-52-48-44-40-36-31-20-18-16-14-12-10-8-6-4-2/h18,20,67-68,72-73H,3-17,19,21-66H2,1-2H3,(H,71,74)/b20-18-. The van der Waals surface area contributed by atoms with E-state index in [1.807, 2.05) is 0 Å². The number of aliphatic hydroxyl groups is 2. The number of carbonyl (C=O) groups is 2. The van der Waals surface area contributed by atoms with Crippen molar-refractivity contribution < 1.29 is 24.5 Å². The molecule has 2 unspecified atom stereocenters. The Hall–Kier alpha value is -1.40. The fourth-order valence-corrected chi connectivity index (χ4v) is 11.2. The molecule has 0 aromatic carbocycles. The molecular formula is C70H137NO5. The summed E-state index contributed by atoms with van der Waals surface area (Å²) in [6.45, 7) is 4.99. The van der Waals surface area contributed by atoms with Gasteiger partial charge in [0.1, 0.15) is 0 Å². The van der Waals surface area contributed by atoms with Gasteiger partial charge in [0.05, 0.1) is 25.4 Å². The molecule has 0 saturated heterocycles. The van der Waals surface area contributed by atoms with Crippen molar-refractivity contribution in [2.45, 2.75) is 411 Å². The quantitative estimate of drug-likeness (QED) is 0.0320. The summed E-state index contributed by atoms with van der Waals surface area (Å²) in [5.41, 5.74) is 0. The molecule has 0 heterocycles. The van der Waals surface area contributed by atoms with E-state index in [2.05, 4.69) is 31.3 Å². The first-order chi connectivity index (χ1) is 37.5. The minimum absolute atomic E-state index is 0.0142. The average Bonchev–Trinajstić information content (AvgIpc) is 3.42. The minimum Gasteiger partial charge on any atom is -0.466 e. The van der Waals surface area contributed by atoms with Crippen LogP contribution in [-0.4, -0.2) is 47.4 Å². The Labute approximate surface area is 476 Å².